The number of thioether (sulfide) groups is 1. The number of ether oxygens (including phenoxy) is 1. The van der Waals surface area contributed by atoms with Gasteiger partial charge in [-0.3, -0.25) is 18.9 Å². The molecular weight excluding hydrogens is 468 g/mol. The number of aromatic nitrogens is 2. The van der Waals surface area contributed by atoms with Crippen LogP contribution in [0.15, 0.2) is 28.0 Å². The third kappa shape index (κ3) is 4.53. The lowest BCUT2D eigenvalue weighted by Gasteiger charge is -2.36. The van der Waals surface area contributed by atoms with Crippen molar-refractivity contribution in [1.29, 1.82) is 0 Å². The van der Waals surface area contributed by atoms with Crippen LogP contribution in [-0.2, 0) is 9.53 Å². The first-order valence-corrected chi connectivity index (χ1v) is 13.2. The van der Waals surface area contributed by atoms with Crippen molar-refractivity contribution < 1.29 is 9.53 Å². The van der Waals surface area contributed by atoms with Gasteiger partial charge in [-0.25, -0.2) is 4.98 Å². The van der Waals surface area contributed by atoms with Crippen LogP contribution in [-0.4, -0.2) is 56.9 Å². The van der Waals surface area contributed by atoms with Gasteiger partial charge in [-0.1, -0.05) is 43.9 Å². The number of pyridine rings is 1. The molecule has 0 aliphatic carbocycles. The highest BCUT2D eigenvalue weighted by Gasteiger charge is 2.35. The Bertz CT molecular complexity index is 1220. The molecule has 2 aromatic heterocycles. The van der Waals surface area contributed by atoms with Gasteiger partial charge in [0.05, 0.1) is 23.1 Å². The van der Waals surface area contributed by atoms with Crippen molar-refractivity contribution in [3.05, 3.63) is 44.7 Å². The van der Waals surface area contributed by atoms with Crippen molar-refractivity contribution in [2.24, 2.45) is 11.8 Å². The summed E-state index contributed by atoms with van der Waals surface area (Å²) in [4.78, 5) is 36.2. The zero-order valence-electron chi connectivity index (χ0n) is 19.8. The number of carbonyl (C=O) groups is 1. The van der Waals surface area contributed by atoms with Gasteiger partial charge >= 0.3 is 0 Å². The second-order valence-electron chi connectivity index (χ2n) is 9.87. The number of nitrogens with zero attached hydrogens (tertiary/aromatic N) is 4. The van der Waals surface area contributed by atoms with E-state index in [9.17, 15) is 9.59 Å². The Balaban J connectivity index is 1.58. The molecule has 5 rings (SSSR count). The molecule has 5 heterocycles. The van der Waals surface area contributed by atoms with Crippen LogP contribution in [0.1, 0.15) is 44.2 Å². The van der Waals surface area contributed by atoms with Crippen molar-refractivity contribution >= 4 is 51.7 Å². The van der Waals surface area contributed by atoms with Crippen LogP contribution < -0.4 is 10.5 Å². The van der Waals surface area contributed by atoms with Gasteiger partial charge in [0.2, 0.25) is 0 Å². The fraction of sp³-hybridized carbons (Fsp3) is 0.520. The molecule has 2 aromatic rings. The van der Waals surface area contributed by atoms with E-state index in [2.05, 4.69) is 18.7 Å². The van der Waals surface area contributed by atoms with Gasteiger partial charge in [-0.2, -0.15) is 0 Å². The maximum Gasteiger partial charge on any atom is 0.267 e. The lowest BCUT2D eigenvalue weighted by molar-refractivity contribution is -0.123. The summed E-state index contributed by atoms with van der Waals surface area (Å²) in [5.41, 5.74) is 1.86. The molecule has 3 saturated heterocycles. The van der Waals surface area contributed by atoms with Crippen LogP contribution in [0.4, 0.5) is 5.82 Å². The summed E-state index contributed by atoms with van der Waals surface area (Å²) in [6, 6.07) is 3.84. The number of fused-ring (bicyclic) bond motifs is 1. The second-order valence-corrected chi connectivity index (χ2v) is 11.5. The second kappa shape index (κ2) is 9.43. The first-order chi connectivity index (χ1) is 16.3. The fourth-order valence-corrected chi connectivity index (χ4v) is 6.49. The van der Waals surface area contributed by atoms with Crippen LogP contribution >= 0.6 is 24.0 Å². The lowest BCUT2D eigenvalue weighted by atomic mass is 9.91. The summed E-state index contributed by atoms with van der Waals surface area (Å²) < 4.78 is 7.80. The molecule has 0 saturated carbocycles. The minimum Gasteiger partial charge on any atom is -0.376 e. The highest BCUT2D eigenvalue weighted by atomic mass is 32.2. The quantitative estimate of drug-likeness (QED) is 0.468. The van der Waals surface area contributed by atoms with Crippen LogP contribution in [0.25, 0.3) is 11.7 Å². The Morgan fingerprint density at radius 3 is 2.71 bits per heavy atom. The van der Waals surface area contributed by atoms with Crippen molar-refractivity contribution in [2.75, 3.05) is 31.1 Å². The van der Waals surface area contributed by atoms with Gasteiger partial charge in [0, 0.05) is 25.9 Å². The normalized spacial score (nSPS) is 26.9. The van der Waals surface area contributed by atoms with Crippen LogP contribution in [0, 0.1) is 18.8 Å². The highest BCUT2D eigenvalue weighted by molar-refractivity contribution is 8.26. The van der Waals surface area contributed by atoms with Crippen molar-refractivity contribution in [1.82, 2.24) is 14.3 Å². The Kier molecular flexibility index (Phi) is 6.52. The summed E-state index contributed by atoms with van der Waals surface area (Å²) in [5, 5.41) is 0. The fourth-order valence-electron chi connectivity index (χ4n) is 5.23. The van der Waals surface area contributed by atoms with Crippen LogP contribution in [0.5, 0.6) is 0 Å². The molecule has 3 atom stereocenters. The first-order valence-electron chi connectivity index (χ1n) is 11.9. The zero-order valence-corrected chi connectivity index (χ0v) is 21.5. The molecule has 0 bridgehead atoms. The number of thiocarbonyl (C=S) groups is 1. The highest BCUT2D eigenvalue weighted by Crippen LogP contribution is 2.35. The minimum absolute atomic E-state index is 0.0182. The SMILES string of the molecule is Cc1ccc2nc(N3C[C@H](C)C[C@H](C)C3)c(/C=C3\SC(=S)N(C[C@H]4CCCO4)C3=O)c(=O)n2c1. The number of amides is 1. The molecule has 3 aliphatic heterocycles. The van der Waals surface area contributed by atoms with E-state index in [1.165, 1.54) is 11.8 Å². The Morgan fingerprint density at radius 1 is 1.24 bits per heavy atom. The lowest BCUT2D eigenvalue weighted by Crippen LogP contribution is -2.40. The molecule has 180 valence electrons. The third-order valence-electron chi connectivity index (χ3n) is 6.71. The summed E-state index contributed by atoms with van der Waals surface area (Å²) in [6.45, 7) is 9.27. The summed E-state index contributed by atoms with van der Waals surface area (Å²) >= 11 is 6.78. The molecule has 1 amide bonds. The Hall–Kier alpha value is -2.23. The summed E-state index contributed by atoms with van der Waals surface area (Å²) in [7, 11) is 0. The third-order valence-corrected chi connectivity index (χ3v) is 8.09. The topological polar surface area (TPSA) is 67.2 Å². The van der Waals surface area contributed by atoms with E-state index in [1.807, 2.05) is 19.1 Å². The van der Waals surface area contributed by atoms with Crippen LogP contribution in [0.2, 0.25) is 0 Å². The van der Waals surface area contributed by atoms with Crippen molar-refractivity contribution in [2.45, 2.75) is 46.1 Å². The molecule has 0 unspecified atom stereocenters. The first kappa shape index (κ1) is 23.5. The molecule has 7 nitrogen and oxygen atoms in total. The van der Waals surface area contributed by atoms with E-state index in [0.29, 0.717) is 44.6 Å². The van der Waals surface area contributed by atoms with Gasteiger partial charge in [0.1, 0.15) is 15.8 Å². The molecule has 9 heteroatoms. The summed E-state index contributed by atoms with van der Waals surface area (Å²) in [5.74, 6) is 1.49. The Labute approximate surface area is 209 Å². The standard InChI is InChI=1S/C25H30N4O3S2/c1-15-6-7-21-26-22(27-11-16(2)9-17(3)12-27)19(23(30)28(21)13-15)10-20-24(31)29(25(33)34-20)14-18-5-4-8-32-18/h6-7,10,13,16-18H,4-5,8-9,11-12,14H2,1-3H3/b20-10-/t16-,17+,18-/m1/s1. The predicted octanol–water partition coefficient (Wildman–Crippen LogP) is 3.87. The average molecular weight is 499 g/mol. The van der Waals surface area contributed by atoms with E-state index in [1.54, 1.807) is 21.6 Å². The van der Waals surface area contributed by atoms with Crippen molar-refractivity contribution in [3.8, 4) is 0 Å². The number of piperidine rings is 1. The number of hydrogen-bond donors (Lipinski definition) is 0. The number of aryl methyl sites for hydroxylation is 1. The van der Waals surface area contributed by atoms with Gasteiger partial charge < -0.3 is 9.64 Å². The van der Waals surface area contributed by atoms with E-state index in [0.717, 1.165) is 44.5 Å². The molecular formula is C25H30N4O3S2. The van der Waals surface area contributed by atoms with E-state index >= 15 is 0 Å². The van der Waals surface area contributed by atoms with E-state index in [-0.39, 0.29) is 17.6 Å². The summed E-state index contributed by atoms with van der Waals surface area (Å²) in [6.07, 6.45) is 6.61. The smallest absolute Gasteiger partial charge is 0.267 e. The molecule has 3 fully saturated rings. The molecule has 34 heavy (non-hydrogen) atoms. The maximum atomic E-state index is 13.7. The predicted molar refractivity (Wildman–Crippen MR) is 140 cm³/mol. The minimum atomic E-state index is -0.168. The Morgan fingerprint density at radius 2 is 2.00 bits per heavy atom. The van der Waals surface area contributed by atoms with Gasteiger partial charge in [0.15, 0.2) is 0 Å². The van der Waals surface area contributed by atoms with Crippen LogP contribution in [0.3, 0.4) is 0 Å². The number of anilines is 1. The maximum absolute atomic E-state index is 13.7. The zero-order chi connectivity index (χ0) is 24.0. The molecule has 3 aliphatic rings. The van der Waals surface area contributed by atoms with Crippen molar-refractivity contribution in [3.63, 3.8) is 0 Å². The monoisotopic (exact) mass is 498 g/mol. The number of hydrogen-bond acceptors (Lipinski definition) is 7. The molecule has 0 spiro atoms. The van der Waals surface area contributed by atoms with E-state index in [4.69, 9.17) is 21.9 Å². The van der Waals surface area contributed by atoms with E-state index < -0.39 is 0 Å². The number of carbonyl (C=O) groups excluding carboxylic acids is 1. The van der Waals surface area contributed by atoms with Gasteiger partial charge in [-0.05, 0) is 55.7 Å². The molecule has 0 radical (unpaired) electrons. The number of rotatable bonds is 4. The molecule has 0 N–H and O–H groups in total. The largest absolute Gasteiger partial charge is 0.376 e. The molecule has 0 aromatic carbocycles. The van der Waals surface area contributed by atoms with Gasteiger partial charge in [0.25, 0.3) is 11.5 Å². The van der Waals surface area contributed by atoms with Gasteiger partial charge in [-0.15, -0.1) is 0 Å². The average Bonchev–Trinajstić information content (AvgIpc) is 3.39.